The van der Waals surface area contributed by atoms with E-state index in [4.69, 9.17) is 10.8 Å². The molecule has 0 saturated heterocycles. The number of carbonyl (C=O) groups is 1. The van der Waals surface area contributed by atoms with Crippen molar-refractivity contribution in [3.8, 4) is 0 Å². The number of carboxylic acids is 1. The van der Waals surface area contributed by atoms with Gasteiger partial charge in [-0.15, -0.1) is 0 Å². The first-order valence-electron chi connectivity index (χ1n) is 4.47. The Morgan fingerprint density at radius 2 is 2.07 bits per heavy atom. The van der Waals surface area contributed by atoms with E-state index in [1.165, 1.54) is 30.7 Å². The normalized spacial score (nSPS) is 11.4. The molecule has 0 unspecified atom stereocenters. The summed E-state index contributed by atoms with van der Waals surface area (Å²) in [6, 6.07) is 1.27. The Hall–Kier alpha value is -1.78. The summed E-state index contributed by atoms with van der Waals surface area (Å²) >= 11 is 0. The Labute approximate surface area is 87.1 Å². The molecule has 0 bridgehead atoms. The second-order valence-electron chi connectivity index (χ2n) is 4.02. The van der Waals surface area contributed by atoms with Crippen molar-refractivity contribution < 1.29 is 9.90 Å². The summed E-state index contributed by atoms with van der Waals surface area (Å²) in [6.45, 7) is 3.03. The zero-order valence-corrected chi connectivity index (χ0v) is 8.94. The Morgan fingerprint density at radius 1 is 1.53 bits per heavy atom. The molecule has 5 heteroatoms. The third kappa shape index (κ3) is 1.86. The Bertz CT molecular complexity index is 460. The first-order valence-corrected chi connectivity index (χ1v) is 4.47. The highest BCUT2D eigenvalue weighted by molar-refractivity contribution is 5.82. The third-order valence-corrected chi connectivity index (χ3v) is 2.47. The van der Waals surface area contributed by atoms with Gasteiger partial charge in [0.2, 0.25) is 0 Å². The second-order valence-corrected chi connectivity index (χ2v) is 4.02. The molecule has 3 N–H and O–H groups in total. The molecule has 0 fully saturated rings. The number of nitrogen functional groups attached to an aromatic ring is 1. The van der Waals surface area contributed by atoms with Crippen molar-refractivity contribution in [1.29, 1.82) is 0 Å². The van der Waals surface area contributed by atoms with Crippen LogP contribution in [0.3, 0.4) is 0 Å². The van der Waals surface area contributed by atoms with Crippen molar-refractivity contribution in [3.05, 3.63) is 28.2 Å². The molecule has 82 valence electrons. The molecule has 0 saturated carbocycles. The van der Waals surface area contributed by atoms with Gasteiger partial charge in [0.25, 0.3) is 5.56 Å². The van der Waals surface area contributed by atoms with Crippen molar-refractivity contribution in [2.75, 3.05) is 5.73 Å². The predicted molar refractivity (Wildman–Crippen MR) is 56.8 cm³/mol. The summed E-state index contributed by atoms with van der Waals surface area (Å²) in [6.07, 6.45) is 1.43. The first kappa shape index (κ1) is 11.3. The van der Waals surface area contributed by atoms with Crippen LogP contribution in [0.15, 0.2) is 17.1 Å². The number of hydrogen-bond acceptors (Lipinski definition) is 3. The summed E-state index contributed by atoms with van der Waals surface area (Å²) in [5, 5.41) is 9.01. The largest absolute Gasteiger partial charge is 0.481 e. The molecule has 0 spiro atoms. The lowest BCUT2D eigenvalue weighted by Gasteiger charge is -2.21. The van der Waals surface area contributed by atoms with Crippen molar-refractivity contribution in [2.24, 2.45) is 7.05 Å². The van der Waals surface area contributed by atoms with E-state index < -0.39 is 11.4 Å². The Balaban J connectivity index is 3.45. The number of nitrogens with zero attached hydrogens (tertiary/aromatic N) is 1. The van der Waals surface area contributed by atoms with Gasteiger partial charge in [-0.3, -0.25) is 9.59 Å². The maximum atomic E-state index is 11.4. The minimum atomic E-state index is -1.16. The summed E-state index contributed by atoms with van der Waals surface area (Å²) < 4.78 is 1.32. The quantitative estimate of drug-likeness (QED) is 0.736. The molecular weight excluding hydrogens is 196 g/mol. The molecule has 0 aromatic carbocycles. The van der Waals surface area contributed by atoms with Crippen LogP contribution in [0, 0.1) is 0 Å². The fourth-order valence-electron chi connectivity index (χ4n) is 1.31. The van der Waals surface area contributed by atoms with Crippen LogP contribution in [-0.2, 0) is 17.3 Å². The number of aliphatic carboxylic acids is 1. The Morgan fingerprint density at radius 3 is 2.53 bits per heavy atom. The van der Waals surface area contributed by atoms with Gasteiger partial charge in [-0.05, 0) is 19.4 Å². The van der Waals surface area contributed by atoms with Gasteiger partial charge in [0.05, 0.1) is 11.1 Å². The van der Waals surface area contributed by atoms with Crippen molar-refractivity contribution >= 4 is 11.7 Å². The Kier molecular flexibility index (Phi) is 2.57. The van der Waals surface area contributed by atoms with Crippen LogP contribution in [0.2, 0.25) is 0 Å². The van der Waals surface area contributed by atoms with E-state index in [0.29, 0.717) is 11.3 Å². The van der Waals surface area contributed by atoms with Crippen LogP contribution in [0.4, 0.5) is 5.69 Å². The molecule has 0 aliphatic rings. The fraction of sp³-hybridized carbons (Fsp3) is 0.400. The lowest BCUT2D eigenvalue weighted by molar-refractivity contribution is -0.142. The summed E-state index contributed by atoms with van der Waals surface area (Å²) in [7, 11) is 1.57. The standard InChI is InChI=1S/C10H14N2O3/c1-10(2,9(14)15)6-4-8(13)12(3)5-7(6)11/h4-5H,11H2,1-3H3,(H,14,15). The van der Waals surface area contributed by atoms with Crippen LogP contribution >= 0.6 is 0 Å². The molecule has 1 rings (SSSR count). The minimum absolute atomic E-state index is 0.270. The minimum Gasteiger partial charge on any atom is -0.481 e. The highest BCUT2D eigenvalue weighted by Gasteiger charge is 2.31. The summed E-state index contributed by atoms with van der Waals surface area (Å²) in [4.78, 5) is 22.4. The third-order valence-electron chi connectivity index (χ3n) is 2.47. The number of pyridine rings is 1. The van der Waals surface area contributed by atoms with Gasteiger partial charge >= 0.3 is 5.97 Å². The predicted octanol–water partition coefficient (Wildman–Crippen LogP) is 0.330. The smallest absolute Gasteiger partial charge is 0.313 e. The van der Waals surface area contributed by atoms with Crippen molar-refractivity contribution in [1.82, 2.24) is 4.57 Å². The van der Waals surface area contributed by atoms with E-state index in [1.54, 1.807) is 7.05 Å². The van der Waals surface area contributed by atoms with E-state index in [9.17, 15) is 9.59 Å². The van der Waals surface area contributed by atoms with E-state index in [-0.39, 0.29) is 5.56 Å². The van der Waals surface area contributed by atoms with Crippen LogP contribution in [0.5, 0.6) is 0 Å². The van der Waals surface area contributed by atoms with Gasteiger partial charge in [-0.25, -0.2) is 0 Å². The molecule has 0 atom stereocenters. The zero-order valence-electron chi connectivity index (χ0n) is 8.94. The monoisotopic (exact) mass is 210 g/mol. The van der Waals surface area contributed by atoms with E-state index in [1.807, 2.05) is 0 Å². The molecule has 1 aromatic rings. The maximum Gasteiger partial charge on any atom is 0.313 e. The van der Waals surface area contributed by atoms with Gasteiger partial charge in [0, 0.05) is 19.3 Å². The highest BCUT2D eigenvalue weighted by atomic mass is 16.4. The van der Waals surface area contributed by atoms with E-state index in [2.05, 4.69) is 0 Å². The number of hydrogen-bond donors (Lipinski definition) is 2. The molecular formula is C10H14N2O3. The summed E-state index contributed by atoms with van der Waals surface area (Å²) in [5.41, 5.74) is 4.92. The maximum absolute atomic E-state index is 11.4. The molecule has 0 aliphatic heterocycles. The molecule has 5 nitrogen and oxygen atoms in total. The zero-order chi connectivity index (χ0) is 11.8. The number of aromatic nitrogens is 1. The molecule has 15 heavy (non-hydrogen) atoms. The molecule has 1 aromatic heterocycles. The van der Waals surface area contributed by atoms with Gasteiger partial charge in [-0.2, -0.15) is 0 Å². The number of anilines is 1. The van der Waals surface area contributed by atoms with Crippen molar-refractivity contribution in [2.45, 2.75) is 19.3 Å². The fourth-order valence-corrected chi connectivity index (χ4v) is 1.31. The van der Waals surface area contributed by atoms with Gasteiger partial charge in [0.1, 0.15) is 0 Å². The summed E-state index contributed by atoms with van der Waals surface area (Å²) in [5.74, 6) is -1.01. The second kappa shape index (κ2) is 3.42. The highest BCUT2D eigenvalue weighted by Crippen LogP contribution is 2.26. The number of carboxylic acid groups (broad SMARTS) is 1. The van der Waals surface area contributed by atoms with Crippen LogP contribution in [0.25, 0.3) is 0 Å². The average molecular weight is 210 g/mol. The number of nitrogens with two attached hydrogens (primary N) is 1. The molecule has 0 amide bonds. The first-order chi connectivity index (χ1) is 6.76. The number of rotatable bonds is 2. The van der Waals surface area contributed by atoms with Crippen LogP contribution in [-0.4, -0.2) is 15.6 Å². The lowest BCUT2D eigenvalue weighted by atomic mass is 9.84. The van der Waals surface area contributed by atoms with Crippen LogP contribution < -0.4 is 11.3 Å². The molecule has 1 heterocycles. The molecule has 0 radical (unpaired) electrons. The SMILES string of the molecule is Cn1cc(N)c(C(C)(C)C(=O)O)cc1=O. The number of aryl methyl sites for hydroxylation is 1. The van der Waals surface area contributed by atoms with Gasteiger partial charge < -0.3 is 15.4 Å². The van der Waals surface area contributed by atoms with E-state index >= 15 is 0 Å². The average Bonchev–Trinajstić information content (AvgIpc) is 2.10. The van der Waals surface area contributed by atoms with Crippen molar-refractivity contribution in [3.63, 3.8) is 0 Å². The van der Waals surface area contributed by atoms with Gasteiger partial charge in [-0.1, -0.05) is 0 Å². The lowest BCUT2D eigenvalue weighted by Crippen LogP contribution is -2.32. The van der Waals surface area contributed by atoms with E-state index in [0.717, 1.165) is 0 Å². The molecule has 0 aliphatic carbocycles. The van der Waals surface area contributed by atoms with Gasteiger partial charge in [0.15, 0.2) is 0 Å². The van der Waals surface area contributed by atoms with Crippen LogP contribution in [0.1, 0.15) is 19.4 Å². The topological polar surface area (TPSA) is 85.3 Å².